The monoisotopic (exact) mass is 420 g/mol. The number of ether oxygens (including phenoxy) is 1. The molecule has 0 radical (unpaired) electrons. The van der Waals surface area contributed by atoms with E-state index in [-0.39, 0.29) is 6.61 Å². The largest absolute Gasteiger partial charge is 0.489 e. The standard InChI is InChI=1S/C23H28N6O2/c1-4-27-7-9-28(10-8-27)21-6-5-17(13-25-21)20-11-19(31-16-23(2,3)30)15-29-22(20)18(12-24)14-26-29/h5-6,11,13-15,30H,4,7-10,16H2,1-3H3. The second kappa shape index (κ2) is 8.53. The van der Waals surface area contributed by atoms with Gasteiger partial charge in [0.05, 0.1) is 29.1 Å². The van der Waals surface area contributed by atoms with E-state index in [2.05, 4.69) is 27.9 Å². The molecular weight excluding hydrogens is 392 g/mol. The van der Waals surface area contributed by atoms with Gasteiger partial charge in [-0.25, -0.2) is 9.50 Å². The van der Waals surface area contributed by atoms with E-state index in [4.69, 9.17) is 9.72 Å². The number of aliphatic hydroxyl groups is 1. The maximum Gasteiger partial charge on any atom is 0.138 e. The first-order valence-electron chi connectivity index (χ1n) is 10.6. The Morgan fingerprint density at radius 1 is 1.19 bits per heavy atom. The molecule has 1 N–H and O–H groups in total. The van der Waals surface area contributed by atoms with Crippen LogP contribution in [0.2, 0.25) is 0 Å². The Morgan fingerprint density at radius 3 is 2.58 bits per heavy atom. The molecule has 1 fully saturated rings. The van der Waals surface area contributed by atoms with Crippen LogP contribution in [0.3, 0.4) is 0 Å². The van der Waals surface area contributed by atoms with Crippen molar-refractivity contribution < 1.29 is 9.84 Å². The Hall–Kier alpha value is -3.15. The number of hydrogen-bond donors (Lipinski definition) is 1. The first-order chi connectivity index (χ1) is 14.9. The van der Waals surface area contributed by atoms with Gasteiger partial charge in [0.1, 0.15) is 24.2 Å². The SMILES string of the molecule is CCN1CCN(c2ccc(-c3cc(OCC(C)(C)O)cn4ncc(C#N)c34)cn2)CC1. The third-order valence-electron chi connectivity index (χ3n) is 5.50. The van der Waals surface area contributed by atoms with Crippen LogP contribution in [0.4, 0.5) is 5.82 Å². The average Bonchev–Trinajstić information content (AvgIpc) is 3.20. The molecule has 3 aromatic rings. The molecular formula is C23H28N6O2. The van der Waals surface area contributed by atoms with Crippen LogP contribution in [0.5, 0.6) is 5.75 Å². The second-order valence-electron chi connectivity index (χ2n) is 8.48. The molecule has 0 bridgehead atoms. The number of fused-ring (bicyclic) bond motifs is 1. The fourth-order valence-corrected chi connectivity index (χ4v) is 3.76. The number of pyridine rings is 2. The summed E-state index contributed by atoms with van der Waals surface area (Å²) in [4.78, 5) is 9.44. The molecule has 1 aliphatic heterocycles. The van der Waals surface area contributed by atoms with Gasteiger partial charge in [0, 0.05) is 43.5 Å². The fourth-order valence-electron chi connectivity index (χ4n) is 3.76. The van der Waals surface area contributed by atoms with Gasteiger partial charge in [-0.2, -0.15) is 10.4 Å². The predicted molar refractivity (Wildman–Crippen MR) is 119 cm³/mol. The highest BCUT2D eigenvalue weighted by Gasteiger charge is 2.19. The Kier molecular flexibility index (Phi) is 5.81. The smallest absolute Gasteiger partial charge is 0.138 e. The molecule has 4 heterocycles. The molecule has 8 nitrogen and oxygen atoms in total. The summed E-state index contributed by atoms with van der Waals surface area (Å²) in [5.41, 5.74) is 1.94. The van der Waals surface area contributed by atoms with Crippen molar-refractivity contribution in [2.75, 3.05) is 44.2 Å². The summed E-state index contributed by atoms with van der Waals surface area (Å²) in [7, 11) is 0. The minimum absolute atomic E-state index is 0.144. The number of anilines is 1. The minimum atomic E-state index is -0.956. The summed E-state index contributed by atoms with van der Waals surface area (Å²) >= 11 is 0. The van der Waals surface area contributed by atoms with Gasteiger partial charge in [-0.1, -0.05) is 6.92 Å². The number of piperazine rings is 1. The third-order valence-corrected chi connectivity index (χ3v) is 5.50. The fraction of sp³-hybridized carbons (Fsp3) is 0.435. The van der Waals surface area contributed by atoms with Gasteiger partial charge in [0.2, 0.25) is 0 Å². The summed E-state index contributed by atoms with van der Waals surface area (Å²) in [5.74, 6) is 1.52. The quantitative estimate of drug-likeness (QED) is 0.655. The van der Waals surface area contributed by atoms with Gasteiger partial charge in [-0.3, -0.25) is 0 Å². The van der Waals surface area contributed by atoms with Crippen molar-refractivity contribution in [1.82, 2.24) is 19.5 Å². The van der Waals surface area contributed by atoms with Crippen LogP contribution in [0.1, 0.15) is 26.3 Å². The van der Waals surface area contributed by atoms with E-state index >= 15 is 0 Å². The Labute approximate surface area is 182 Å². The Balaban J connectivity index is 1.66. The van der Waals surface area contributed by atoms with Gasteiger partial charge >= 0.3 is 0 Å². The van der Waals surface area contributed by atoms with Crippen molar-refractivity contribution in [2.45, 2.75) is 26.4 Å². The first-order valence-corrected chi connectivity index (χ1v) is 10.6. The number of nitrogens with zero attached hydrogens (tertiary/aromatic N) is 6. The van der Waals surface area contributed by atoms with E-state index in [1.807, 2.05) is 24.4 Å². The van der Waals surface area contributed by atoms with Crippen molar-refractivity contribution in [3.8, 4) is 22.9 Å². The molecule has 1 saturated heterocycles. The van der Waals surface area contributed by atoms with Gasteiger partial charge in [-0.05, 0) is 38.6 Å². The van der Waals surface area contributed by atoms with Crippen LogP contribution in [0.15, 0.2) is 36.8 Å². The third kappa shape index (κ3) is 4.63. The number of hydrogen-bond acceptors (Lipinski definition) is 7. The lowest BCUT2D eigenvalue weighted by atomic mass is 10.1. The molecule has 4 rings (SSSR count). The molecule has 0 amide bonds. The van der Waals surface area contributed by atoms with Crippen LogP contribution in [0, 0.1) is 11.3 Å². The molecule has 0 saturated carbocycles. The number of rotatable bonds is 6. The lowest BCUT2D eigenvalue weighted by molar-refractivity contribution is 0.0283. The molecule has 162 valence electrons. The molecule has 0 spiro atoms. The van der Waals surface area contributed by atoms with E-state index in [1.165, 1.54) is 0 Å². The average molecular weight is 421 g/mol. The van der Waals surface area contributed by atoms with Crippen LogP contribution in [-0.2, 0) is 0 Å². The van der Waals surface area contributed by atoms with Crippen LogP contribution < -0.4 is 9.64 Å². The van der Waals surface area contributed by atoms with E-state index in [1.54, 1.807) is 30.8 Å². The van der Waals surface area contributed by atoms with E-state index in [0.29, 0.717) is 16.8 Å². The first kappa shape index (κ1) is 21.1. The predicted octanol–water partition coefficient (Wildman–Crippen LogP) is 2.56. The molecule has 0 aliphatic carbocycles. The van der Waals surface area contributed by atoms with Crippen molar-refractivity contribution >= 4 is 11.3 Å². The van der Waals surface area contributed by atoms with Crippen LogP contribution >= 0.6 is 0 Å². The lowest BCUT2D eigenvalue weighted by Crippen LogP contribution is -2.46. The normalized spacial score (nSPS) is 15.3. The van der Waals surface area contributed by atoms with Gasteiger partial charge in [0.25, 0.3) is 0 Å². The van der Waals surface area contributed by atoms with Crippen LogP contribution in [0.25, 0.3) is 16.6 Å². The van der Waals surface area contributed by atoms with Crippen molar-refractivity contribution in [1.29, 1.82) is 5.26 Å². The minimum Gasteiger partial charge on any atom is -0.489 e. The summed E-state index contributed by atoms with van der Waals surface area (Å²) in [6.45, 7) is 10.8. The Morgan fingerprint density at radius 2 is 1.97 bits per heavy atom. The highest BCUT2D eigenvalue weighted by atomic mass is 16.5. The summed E-state index contributed by atoms with van der Waals surface area (Å²) in [6, 6.07) is 8.14. The maximum atomic E-state index is 10.00. The molecule has 0 unspecified atom stereocenters. The van der Waals surface area contributed by atoms with E-state index in [0.717, 1.165) is 49.7 Å². The lowest BCUT2D eigenvalue weighted by Gasteiger charge is -2.34. The summed E-state index contributed by atoms with van der Waals surface area (Å²) < 4.78 is 7.44. The zero-order valence-electron chi connectivity index (χ0n) is 18.2. The number of nitriles is 1. The highest BCUT2D eigenvalue weighted by Crippen LogP contribution is 2.31. The molecule has 0 aromatic carbocycles. The zero-order chi connectivity index (χ0) is 22.0. The van der Waals surface area contributed by atoms with Crippen molar-refractivity contribution in [2.24, 2.45) is 0 Å². The van der Waals surface area contributed by atoms with Crippen LogP contribution in [-0.4, -0.2) is 69.5 Å². The summed E-state index contributed by atoms with van der Waals surface area (Å²) in [6.07, 6.45) is 5.11. The van der Waals surface area contributed by atoms with Crippen molar-refractivity contribution in [3.63, 3.8) is 0 Å². The topological polar surface area (TPSA) is 89.9 Å². The highest BCUT2D eigenvalue weighted by molar-refractivity contribution is 5.85. The number of aromatic nitrogens is 3. The Bertz CT molecular complexity index is 1090. The second-order valence-corrected chi connectivity index (χ2v) is 8.48. The molecule has 31 heavy (non-hydrogen) atoms. The number of likely N-dealkylation sites (N-methyl/N-ethyl adjacent to an activating group) is 1. The zero-order valence-corrected chi connectivity index (χ0v) is 18.2. The van der Waals surface area contributed by atoms with Gasteiger partial charge in [-0.15, -0.1) is 0 Å². The molecule has 1 aliphatic rings. The van der Waals surface area contributed by atoms with E-state index < -0.39 is 5.60 Å². The molecule has 8 heteroatoms. The molecule has 3 aromatic heterocycles. The van der Waals surface area contributed by atoms with Gasteiger partial charge in [0.15, 0.2) is 0 Å². The van der Waals surface area contributed by atoms with Crippen molar-refractivity contribution in [3.05, 3.63) is 42.4 Å². The molecule has 0 atom stereocenters. The van der Waals surface area contributed by atoms with Gasteiger partial charge < -0.3 is 19.6 Å². The summed E-state index contributed by atoms with van der Waals surface area (Å²) in [5, 5.41) is 23.8. The van der Waals surface area contributed by atoms with E-state index in [9.17, 15) is 10.4 Å². The maximum absolute atomic E-state index is 10.00.